The first-order valence-electron chi connectivity index (χ1n) is 5.54. The number of hydroxylamine groups is 1. The molecule has 17 heavy (non-hydrogen) atoms. The molecule has 2 aromatic rings. The number of hydrogen-bond acceptors (Lipinski definition) is 2. The Morgan fingerprint density at radius 2 is 1.53 bits per heavy atom. The molecule has 0 aliphatic carbocycles. The fourth-order valence-corrected chi connectivity index (χ4v) is 3.94. The summed E-state index contributed by atoms with van der Waals surface area (Å²) in [6, 6.07) is 20.8. The van der Waals surface area contributed by atoms with Gasteiger partial charge in [0.15, 0.2) is 0 Å². The average molecular weight is 292 g/mol. The minimum absolute atomic E-state index is 0.318. The molecule has 3 heteroatoms. The third-order valence-electron chi connectivity index (χ3n) is 2.47. The zero-order valence-electron chi connectivity index (χ0n) is 9.41. The van der Waals surface area contributed by atoms with Crippen LogP contribution in [-0.2, 0) is 0 Å². The van der Waals surface area contributed by atoms with Crippen molar-refractivity contribution >= 4 is 19.4 Å². The maximum absolute atomic E-state index is 8.94. The molecule has 0 bridgehead atoms. The van der Waals surface area contributed by atoms with Gasteiger partial charge < -0.3 is 0 Å². The minimum atomic E-state index is 0.318. The van der Waals surface area contributed by atoms with Crippen LogP contribution in [0, 0.1) is 0 Å². The van der Waals surface area contributed by atoms with Gasteiger partial charge in [-0.2, -0.15) is 0 Å². The summed E-state index contributed by atoms with van der Waals surface area (Å²) in [5.74, 6) is 0. The topological polar surface area (TPSA) is 32.3 Å². The van der Waals surface area contributed by atoms with Gasteiger partial charge in [-0.3, -0.25) is 0 Å². The van der Waals surface area contributed by atoms with Gasteiger partial charge in [-0.05, 0) is 0 Å². The van der Waals surface area contributed by atoms with E-state index in [0.29, 0.717) is 26.3 Å². The van der Waals surface area contributed by atoms with Gasteiger partial charge in [0.25, 0.3) is 0 Å². The van der Waals surface area contributed by atoms with Crippen LogP contribution >= 0.6 is 0 Å². The van der Waals surface area contributed by atoms with E-state index in [4.69, 9.17) is 5.21 Å². The molecule has 0 aromatic heterocycles. The molecule has 0 spiro atoms. The van der Waals surface area contributed by atoms with E-state index in [-0.39, 0.29) is 0 Å². The first-order valence-corrected chi connectivity index (χ1v) is 7.38. The second kappa shape index (κ2) is 6.57. The molecule has 1 atom stereocenters. The normalized spacial score (nSPS) is 12.3. The third kappa shape index (κ3) is 3.69. The van der Waals surface area contributed by atoms with Crippen LogP contribution < -0.4 is 9.94 Å². The van der Waals surface area contributed by atoms with Crippen LogP contribution in [0.25, 0.3) is 0 Å². The van der Waals surface area contributed by atoms with E-state index in [1.54, 1.807) is 0 Å². The molecule has 0 radical (unpaired) electrons. The van der Waals surface area contributed by atoms with E-state index in [0.717, 1.165) is 0 Å². The average Bonchev–Trinajstić information content (AvgIpc) is 2.40. The molecule has 2 nitrogen and oxygen atoms in total. The zero-order valence-corrected chi connectivity index (χ0v) is 11.1. The van der Waals surface area contributed by atoms with Crippen molar-refractivity contribution < 1.29 is 5.21 Å². The molecule has 0 aliphatic rings. The van der Waals surface area contributed by atoms with Gasteiger partial charge in [-0.15, -0.1) is 0 Å². The van der Waals surface area contributed by atoms with Gasteiger partial charge >= 0.3 is 108 Å². The first-order chi connectivity index (χ1) is 8.40. The van der Waals surface area contributed by atoms with Crippen LogP contribution in [0.2, 0.25) is 0 Å². The monoisotopic (exact) mass is 293 g/mol. The predicted molar refractivity (Wildman–Crippen MR) is 70.8 cm³/mol. The van der Waals surface area contributed by atoms with Crippen molar-refractivity contribution in [3.05, 3.63) is 66.2 Å². The van der Waals surface area contributed by atoms with Crippen LogP contribution in [0.1, 0.15) is 10.4 Å². The standard InChI is InChI=1S/C14H15NOSe/c16-15-11-14(12-7-3-1-4-8-12)17-13-9-5-2-6-10-13/h1-10,14-16H,11H2. The van der Waals surface area contributed by atoms with E-state index in [1.165, 1.54) is 10.0 Å². The molecule has 0 heterocycles. The van der Waals surface area contributed by atoms with Crippen molar-refractivity contribution in [3.63, 3.8) is 0 Å². The van der Waals surface area contributed by atoms with Crippen molar-refractivity contribution in [2.75, 3.05) is 6.54 Å². The summed E-state index contributed by atoms with van der Waals surface area (Å²) in [6.45, 7) is 0.596. The van der Waals surface area contributed by atoms with Crippen molar-refractivity contribution in [2.45, 2.75) is 4.82 Å². The Kier molecular flexibility index (Phi) is 4.77. The Morgan fingerprint density at radius 3 is 2.12 bits per heavy atom. The summed E-state index contributed by atoms with van der Waals surface area (Å²) in [7, 11) is 0. The summed E-state index contributed by atoms with van der Waals surface area (Å²) >= 11 is 0.318. The molecule has 0 saturated carbocycles. The van der Waals surface area contributed by atoms with Gasteiger partial charge in [0.2, 0.25) is 0 Å². The Hall–Kier alpha value is -1.12. The van der Waals surface area contributed by atoms with E-state index < -0.39 is 0 Å². The van der Waals surface area contributed by atoms with Gasteiger partial charge in [0.1, 0.15) is 0 Å². The second-order valence-electron chi connectivity index (χ2n) is 3.69. The van der Waals surface area contributed by atoms with E-state index >= 15 is 0 Å². The Labute approximate surface area is 108 Å². The Balaban J connectivity index is 2.13. The molecule has 2 aromatic carbocycles. The Morgan fingerprint density at radius 1 is 0.941 bits per heavy atom. The molecule has 1 unspecified atom stereocenters. The zero-order chi connectivity index (χ0) is 11.9. The fraction of sp³-hybridized carbons (Fsp3) is 0.143. The van der Waals surface area contributed by atoms with Crippen LogP contribution in [0.3, 0.4) is 0 Å². The predicted octanol–water partition coefficient (Wildman–Crippen LogP) is 1.74. The number of nitrogens with one attached hydrogen (secondary N) is 1. The number of benzene rings is 2. The molecular weight excluding hydrogens is 277 g/mol. The van der Waals surface area contributed by atoms with Gasteiger partial charge in [-0.25, -0.2) is 0 Å². The van der Waals surface area contributed by atoms with Crippen LogP contribution in [0.4, 0.5) is 0 Å². The SMILES string of the molecule is ONCC([Se]c1ccccc1)c1ccccc1. The van der Waals surface area contributed by atoms with E-state index in [1.807, 2.05) is 24.3 Å². The number of rotatable bonds is 5. The van der Waals surface area contributed by atoms with Crippen LogP contribution in [0.15, 0.2) is 60.7 Å². The van der Waals surface area contributed by atoms with Crippen molar-refractivity contribution in [2.24, 2.45) is 0 Å². The first kappa shape index (κ1) is 12.3. The van der Waals surface area contributed by atoms with Crippen LogP contribution in [0.5, 0.6) is 0 Å². The molecular formula is C14H15NOSe. The molecule has 2 rings (SSSR count). The summed E-state index contributed by atoms with van der Waals surface area (Å²) in [5, 5.41) is 8.94. The molecule has 0 aliphatic heterocycles. The maximum atomic E-state index is 8.94. The second-order valence-corrected chi connectivity index (χ2v) is 6.37. The molecule has 88 valence electrons. The van der Waals surface area contributed by atoms with E-state index in [2.05, 4.69) is 41.9 Å². The summed E-state index contributed by atoms with van der Waals surface area (Å²) in [6.07, 6.45) is 0. The quantitative estimate of drug-likeness (QED) is 0.650. The molecule has 2 N–H and O–H groups in total. The summed E-state index contributed by atoms with van der Waals surface area (Å²) in [4.78, 5) is 0.358. The fourth-order valence-electron chi connectivity index (χ4n) is 1.64. The summed E-state index contributed by atoms with van der Waals surface area (Å²) in [5.41, 5.74) is 3.58. The van der Waals surface area contributed by atoms with Gasteiger partial charge in [0, 0.05) is 0 Å². The molecule has 0 amide bonds. The Bertz CT molecular complexity index is 432. The molecule has 0 saturated heterocycles. The van der Waals surface area contributed by atoms with Crippen LogP contribution in [-0.4, -0.2) is 26.7 Å². The van der Waals surface area contributed by atoms with Crippen molar-refractivity contribution in [3.8, 4) is 0 Å². The van der Waals surface area contributed by atoms with Crippen molar-refractivity contribution in [1.82, 2.24) is 5.48 Å². The van der Waals surface area contributed by atoms with Gasteiger partial charge in [0.05, 0.1) is 0 Å². The van der Waals surface area contributed by atoms with Crippen molar-refractivity contribution in [1.29, 1.82) is 0 Å². The number of hydrogen-bond donors (Lipinski definition) is 2. The van der Waals surface area contributed by atoms with E-state index in [9.17, 15) is 0 Å². The molecule has 0 fully saturated rings. The third-order valence-corrected chi connectivity index (χ3v) is 5.13. The van der Waals surface area contributed by atoms with Gasteiger partial charge in [-0.1, -0.05) is 0 Å². The summed E-state index contributed by atoms with van der Waals surface area (Å²) < 4.78 is 1.35.